The predicted octanol–water partition coefficient (Wildman–Crippen LogP) is 29.8. The minimum Gasteiger partial charge on any atom is -0.310 e. The van der Waals surface area contributed by atoms with Crippen molar-refractivity contribution in [2.45, 2.75) is 0 Å². The zero-order valence-electron chi connectivity index (χ0n) is 121. The normalized spacial score (nSPS) is 19.2. The van der Waals surface area contributed by atoms with Crippen LogP contribution in [0, 0.1) is 0 Å². The highest BCUT2D eigenvalue weighted by Crippen LogP contribution is 2.44. The Morgan fingerprint density at radius 3 is 0.982 bits per heavy atom. The van der Waals surface area contributed by atoms with Crippen LogP contribution in [0.2, 0.25) is 0 Å². The monoisotopic (exact) mass is 1490 g/mol. The van der Waals surface area contributed by atoms with Crippen LogP contribution in [0.5, 0.6) is 0 Å². The van der Waals surface area contributed by atoms with E-state index in [4.69, 9.17) is 48.0 Å². The van der Waals surface area contributed by atoms with Crippen molar-refractivity contribution in [3.63, 3.8) is 0 Å². The quantitative estimate of drug-likeness (QED) is 0.0959. The third kappa shape index (κ3) is 13.6. The zero-order chi connectivity index (χ0) is 130. The number of nitrogens with zero attached hydrogens (tertiary/aromatic N) is 4. The van der Waals surface area contributed by atoms with Crippen molar-refractivity contribution in [3.05, 3.63) is 460 Å². The summed E-state index contributed by atoms with van der Waals surface area (Å²) in [5.74, 6) is 0. The highest BCUT2D eigenvalue weighted by molar-refractivity contribution is 6.12. The van der Waals surface area contributed by atoms with Gasteiger partial charge in [-0.3, -0.25) is 0 Å². The lowest BCUT2D eigenvalue weighted by molar-refractivity contribution is 1.18. The molecule has 528 valence electrons. The number of hydrogen-bond donors (Lipinski definition) is 0. The van der Waals surface area contributed by atoms with E-state index in [1.807, 2.05) is 53.1 Å². The lowest BCUT2D eigenvalue weighted by atomic mass is 9.98. The minimum absolute atomic E-state index is 0.101. The molecule has 0 saturated heterocycles. The van der Waals surface area contributed by atoms with E-state index in [1.165, 1.54) is 6.07 Å². The molecule has 0 atom stereocenters. The summed E-state index contributed by atoms with van der Waals surface area (Å²) in [6.45, 7) is 0. The molecule has 18 aromatic carbocycles. The van der Waals surface area contributed by atoms with Crippen LogP contribution < -0.4 is 9.80 Å². The Hall–Kier alpha value is -14.8. The topological polar surface area (TPSA) is 16.3 Å². The predicted molar refractivity (Wildman–Crippen MR) is 474 cm³/mol. The second kappa shape index (κ2) is 30.4. The molecule has 0 amide bonds. The molecule has 112 heavy (non-hydrogen) atoms. The minimum atomic E-state index is -1.44. The lowest BCUT2D eigenvalue weighted by Crippen LogP contribution is -2.10. The van der Waals surface area contributed by atoms with E-state index in [0.29, 0.717) is 20.4 Å². The van der Waals surface area contributed by atoms with E-state index >= 15 is 0 Å². The van der Waals surface area contributed by atoms with E-state index in [9.17, 15) is 39.8 Å². The Morgan fingerprint density at radius 2 is 0.500 bits per heavy atom. The third-order valence-corrected chi connectivity index (χ3v) is 16.9. The highest BCUT2D eigenvalue weighted by atomic mass is 15.1. The first-order valence-electron chi connectivity index (χ1n) is 65.2. The van der Waals surface area contributed by atoms with Crippen LogP contribution in [0.3, 0.4) is 0 Å². The van der Waals surface area contributed by atoms with Crippen LogP contribution in [-0.2, 0) is 0 Å². The van der Waals surface area contributed by atoms with Crippen LogP contribution in [0.1, 0.15) is 87.7 Å². The number of rotatable bonds is 16. The van der Waals surface area contributed by atoms with Gasteiger partial charge >= 0.3 is 0 Å². The lowest BCUT2D eigenvalue weighted by Gasteiger charge is -2.26. The molecule has 0 unspecified atom stereocenters. The molecule has 0 saturated carbocycles. The van der Waals surface area contributed by atoms with Crippen molar-refractivity contribution in [3.8, 4) is 100 Å². The molecular formula is C108H76N4. The molecule has 0 spiro atoms. The zero-order valence-corrected chi connectivity index (χ0v) is 56.7. The summed E-state index contributed by atoms with van der Waals surface area (Å²) in [5, 5.41) is -0.155. The molecular weight excluding hydrogens is 1350 g/mol. The largest absolute Gasteiger partial charge is 0.310 e. The maximum atomic E-state index is 10.1. The third-order valence-electron chi connectivity index (χ3n) is 16.9. The van der Waals surface area contributed by atoms with Gasteiger partial charge in [-0.2, -0.15) is 0 Å². The van der Waals surface area contributed by atoms with Gasteiger partial charge in [-0.05, 0) is 234 Å². The van der Waals surface area contributed by atoms with Gasteiger partial charge in [-0.15, -0.1) is 0 Å². The fourth-order valence-corrected chi connectivity index (χ4v) is 11.9. The van der Waals surface area contributed by atoms with Crippen LogP contribution >= 0.6 is 0 Å². The smallest absolute Gasteiger partial charge is 0.0651 e. The first-order chi connectivity index (χ1) is 82.2. The van der Waals surface area contributed by atoms with E-state index in [-0.39, 0.29) is 16.0 Å². The van der Waals surface area contributed by atoms with Crippen LogP contribution in [0.4, 0.5) is 34.1 Å². The van der Waals surface area contributed by atoms with E-state index in [0.717, 1.165) is 16.6 Å². The Bertz CT molecular complexity index is 10600. The van der Waals surface area contributed by atoms with Crippen molar-refractivity contribution < 1.29 is 87.7 Å². The summed E-state index contributed by atoms with van der Waals surface area (Å²) >= 11 is 0. The summed E-state index contributed by atoms with van der Waals surface area (Å²) in [4.78, 5) is 0.674. The molecule has 0 aliphatic heterocycles. The van der Waals surface area contributed by atoms with Gasteiger partial charge in [0.05, 0.1) is 110 Å². The van der Waals surface area contributed by atoms with Gasteiger partial charge < -0.3 is 18.9 Å². The second-order valence-corrected chi connectivity index (χ2v) is 23.4. The number of fused-ring (bicyclic) bond motifs is 6. The maximum absolute atomic E-state index is 10.1. The number of para-hydroxylation sites is 4. The standard InChI is InChI=1S/2C54H38N2/c2*1-4-14-39(15-5-1)41-26-31-48(32-27-41)55(49-33-28-42(29-34-49)44-19-12-18-43(36-44)40-16-6-2-7-17-40)50-23-13-20-45(37-50)46-30-35-54-52(38-46)51-24-10-11-25-53(51)56(54)47-21-8-3-9-22-47/h2*1-38H/i1D,2D,3D,4D,5D,6D,7D,8D,9D,10D,11D,12D,13D,14D,15D,16D,17D,18D,19D,20D,21D,22D,23D,24D,25D,26D,27D,28D,29D,30D,31D,32D,33D,34D,35D,36D,37D,38D;1D,2D,4D,5D,6D,7D,12D,13D,14D,15D,16D,17D,18D,19D,20D,23D,26D,27D,28D,29D,31D,32D,33D,34D,36D,37D. The second-order valence-electron chi connectivity index (χ2n) is 23.4. The molecule has 2 heterocycles. The van der Waals surface area contributed by atoms with Crippen LogP contribution in [0.25, 0.3) is 144 Å². The van der Waals surface area contributed by atoms with Gasteiger partial charge in [-0.1, -0.05) is 314 Å². The van der Waals surface area contributed by atoms with Gasteiger partial charge in [-0.25, -0.2) is 0 Å². The maximum Gasteiger partial charge on any atom is 0.0651 e. The molecule has 2 aromatic heterocycles. The average molecular weight is 1490 g/mol. The average Bonchev–Trinajstić information content (AvgIpc) is 1.49. The van der Waals surface area contributed by atoms with Gasteiger partial charge in [0, 0.05) is 67.0 Å². The molecule has 4 heteroatoms. The Balaban J connectivity index is 0.000000216. The summed E-state index contributed by atoms with van der Waals surface area (Å²) in [5.41, 5.74) is -20.3. The van der Waals surface area contributed by atoms with Gasteiger partial charge in [0.15, 0.2) is 0 Å². The Labute approximate surface area is 743 Å². The fourth-order valence-electron chi connectivity index (χ4n) is 11.9. The molecule has 0 aliphatic rings. The number of aromatic nitrogens is 2. The van der Waals surface area contributed by atoms with Crippen molar-refractivity contribution in [2.75, 3.05) is 9.80 Å². The van der Waals surface area contributed by atoms with E-state index in [1.54, 1.807) is 18.2 Å². The highest BCUT2D eigenvalue weighted by Gasteiger charge is 2.21. The van der Waals surface area contributed by atoms with Gasteiger partial charge in [0.2, 0.25) is 0 Å². The molecule has 4 nitrogen and oxygen atoms in total. The summed E-state index contributed by atoms with van der Waals surface area (Å²) in [6, 6.07) is -47.4. The van der Waals surface area contributed by atoms with Crippen LogP contribution in [-0.4, -0.2) is 9.13 Å². The van der Waals surface area contributed by atoms with Crippen molar-refractivity contribution in [1.29, 1.82) is 0 Å². The molecule has 0 bridgehead atoms. The molecule has 0 N–H and O–H groups in total. The van der Waals surface area contributed by atoms with Crippen molar-refractivity contribution in [1.82, 2.24) is 9.13 Å². The van der Waals surface area contributed by atoms with E-state index in [2.05, 4.69) is 0 Å². The van der Waals surface area contributed by atoms with Gasteiger partial charge in [0.1, 0.15) is 0 Å². The molecule has 20 rings (SSSR count). The first-order valence-corrected chi connectivity index (χ1v) is 33.2. The molecule has 0 radical (unpaired) electrons. The number of benzene rings is 18. The van der Waals surface area contributed by atoms with Gasteiger partial charge in [0.25, 0.3) is 0 Å². The fraction of sp³-hybridized carbons (Fsp3) is 0. The summed E-state index contributed by atoms with van der Waals surface area (Å²) in [6.07, 6.45) is 0. The molecule has 0 aliphatic carbocycles. The summed E-state index contributed by atoms with van der Waals surface area (Å²) < 4.78 is 579. The molecule has 0 fully saturated rings. The summed E-state index contributed by atoms with van der Waals surface area (Å²) in [7, 11) is 0. The van der Waals surface area contributed by atoms with Crippen molar-refractivity contribution >= 4 is 77.7 Å². The van der Waals surface area contributed by atoms with Crippen molar-refractivity contribution in [2.24, 2.45) is 0 Å². The Morgan fingerprint density at radius 1 is 0.170 bits per heavy atom. The Kier molecular flexibility index (Phi) is 7.60. The first kappa shape index (κ1) is 28.0. The number of anilines is 6. The van der Waals surface area contributed by atoms with E-state index < -0.39 is 526 Å². The number of hydrogen-bond acceptors (Lipinski definition) is 2. The SMILES string of the molecule is [2H]c1c([2H])c([2H])c(-c2c([2H])c([2H])c(N(c3c([2H])c([2H])c(-c4c([2H])c([2H])c([2H])c(-c5c([2H])c([2H])c([2H])c([2H])c5[2H])c4[2H])c([2H])c3[2H])c3c([2H])c([2H])c([2H])c(-c4c([2H])c([2H])c5c(c4[2H])c4c([2H])c([2H])c([2H])c([2H])c4n5-c4c([2H])c([2H])c([2H])c([2H])c4[2H])c3[2H])c([2H])c2[2H])c([2H])c1[2H].[2H]c1c([2H])c([2H])c(-c2c([2H])c([2H])c(N(c3c([2H])c([2H])c(-c4c([2H])c([2H])c([2H])c(-c5c([2H])c([2H])c([2H])c([2H])c5[2H])c4[2H])c([2H])c3[2H])c3c([2H])c([2H])c([2H])c(-c4ccc5c(c4)c4ccccc4n5-c4ccccc4)c3[2H])c([2H])c2[2H])c([2H])c1[2H]. The molecule has 20 aromatic rings. The van der Waals surface area contributed by atoms with Crippen LogP contribution in [0.15, 0.2) is 460 Å².